The fraction of sp³-hybridized carbons (Fsp3) is 0.292. The van der Waals surface area contributed by atoms with E-state index in [-0.39, 0.29) is 42.6 Å². The normalized spacial score (nSPS) is 16.3. The first-order valence-electron chi connectivity index (χ1n) is 9.97. The van der Waals surface area contributed by atoms with Crippen LogP contribution in [0.5, 0.6) is 0 Å². The molecular formula is C24H24ClFN4O. The Morgan fingerprint density at radius 3 is 2.39 bits per heavy atom. The molecule has 1 saturated heterocycles. The Morgan fingerprint density at radius 1 is 1.23 bits per heavy atom. The number of amides is 1. The molecule has 0 spiro atoms. The van der Waals surface area contributed by atoms with Crippen LogP contribution in [0.2, 0.25) is 0 Å². The van der Waals surface area contributed by atoms with E-state index >= 15 is 4.39 Å². The molecule has 1 amide bonds. The number of nitriles is 1. The van der Waals surface area contributed by atoms with E-state index in [9.17, 15) is 4.79 Å². The molecule has 0 radical (unpaired) electrons. The van der Waals surface area contributed by atoms with Crippen molar-refractivity contribution >= 4 is 23.2 Å². The summed E-state index contributed by atoms with van der Waals surface area (Å²) in [6, 6.07) is 13.7. The van der Waals surface area contributed by atoms with Crippen LogP contribution in [0.3, 0.4) is 0 Å². The largest absolute Gasteiger partial charge is 0.401 e. The molecule has 2 aromatic carbocycles. The highest BCUT2D eigenvalue weighted by molar-refractivity contribution is 6.46. The molecule has 31 heavy (non-hydrogen) atoms. The first-order valence-corrected chi connectivity index (χ1v) is 10.3. The molecule has 0 aliphatic carbocycles. The molecule has 0 aromatic heterocycles. The number of likely N-dealkylation sites (tertiary alicyclic amines) is 1. The highest BCUT2D eigenvalue weighted by atomic mass is 35.5. The molecule has 1 aliphatic heterocycles. The van der Waals surface area contributed by atoms with Gasteiger partial charge in [0.15, 0.2) is 0 Å². The molecule has 160 valence electrons. The van der Waals surface area contributed by atoms with Crippen LogP contribution in [0.25, 0.3) is 0 Å². The monoisotopic (exact) mass is 438 g/mol. The van der Waals surface area contributed by atoms with E-state index in [1.165, 1.54) is 0 Å². The number of nitrogens with two attached hydrogens (primary N) is 1. The van der Waals surface area contributed by atoms with Crippen LogP contribution in [0.4, 0.5) is 4.39 Å². The predicted octanol–water partition coefficient (Wildman–Crippen LogP) is 4.76. The number of benzene rings is 2. The number of alkyl halides is 1. The van der Waals surface area contributed by atoms with E-state index in [0.29, 0.717) is 28.0 Å². The highest BCUT2D eigenvalue weighted by Crippen LogP contribution is 2.37. The van der Waals surface area contributed by atoms with Gasteiger partial charge in [-0.15, -0.1) is 0 Å². The minimum absolute atomic E-state index is 0.0658. The summed E-state index contributed by atoms with van der Waals surface area (Å²) in [5.74, 6) is -0.208. The van der Waals surface area contributed by atoms with Gasteiger partial charge in [0.1, 0.15) is 5.67 Å². The lowest BCUT2D eigenvalue weighted by molar-refractivity contribution is 0.0421. The van der Waals surface area contributed by atoms with Crippen molar-refractivity contribution in [2.75, 3.05) is 13.1 Å². The number of carbonyl (C=O) groups excluding carboxylic acids is 1. The lowest BCUT2D eigenvalue weighted by Gasteiger charge is -2.37. The topological polar surface area (TPSA) is 94.0 Å². The maximum atomic E-state index is 15.5. The predicted molar refractivity (Wildman–Crippen MR) is 120 cm³/mol. The lowest BCUT2D eigenvalue weighted by Crippen LogP contribution is -2.43. The van der Waals surface area contributed by atoms with Crippen LogP contribution < -0.4 is 5.73 Å². The van der Waals surface area contributed by atoms with Crippen molar-refractivity contribution in [1.29, 1.82) is 10.7 Å². The second-order valence-electron chi connectivity index (χ2n) is 7.85. The van der Waals surface area contributed by atoms with Crippen molar-refractivity contribution in [3.8, 4) is 6.07 Å². The Bertz CT molecular complexity index is 1090. The number of hydrogen-bond donors (Lipinski definition) is 2. The van der Waals surface area contributed by atoms with Crippen LogP contribution >= 0.6 is 11.6 Å². The summed E-state index contributed by atoms with van der Waals surface area (Å²) in [5, 5.41) is 17.4. The van der Waals surface area contributed by atoms with Gasteiger partial charge in [-0.05, 0) is 49.2 Å². The number of nitrogens with zero attached hydrogens (tertiary/aromatic N) is 2. The van der Waals surface area contributed by atoms with Crippen LogP contribution in [0.1, 0.15) is 52.4 Å². The van der Waals surface area contributed by atoms with Crippen LogP contribution in [-0.2, 0) is 5.67 Å². The van der Waals surface area contributed by atoms with Crippen LogP contribution in [0, 0.1) is 23.7 Å². The van der Waals surface area contributed by atoms with Gasteiger partial charge in [0.05, 0.1) is 22.4 Å². The Hall–Kier alpha value is -3.17. The van der Waals surface area contributed by atoms with Gasteiger partial charge in [0, 0.05) is 42.8 Å². The first kappa shape index (κ1) is 22.5. The number of hydrogen-bond acceptors (Lipinski definition) is 4. The molecule has 2 aromatic rings. The quantitative estimate of drug-likeness (QED) is 0.673. The number of aryl methyl sites for hydroxylation is 1. The van der Waals surface area contributed by atoms with Gasteiger partial charge in [-0.1, -0.05) is 29.8 Å². The molecule has 5 nitrogen and oxygen atoms in total. The standard InChI is InChI=1S/C24H24ClFN4O/c1-15-3-6-18(13-20(15)22(29)21(25)16(2)28)23(31)30-11-9-24(26,10-12-30)19-7-4-17(14-27)5-8-19/h3-8,13,29H,9-12,28H2,1-2H3/b21-16+,29-22?. The molecule has 0 saturated carbocycles. The third kappa shape index (κ3) is 4.62. The second kappa shape index (κ2) is 8.91. The van der Waals surface area contributed by atoms with E-state index in [1.54, 1.807) is 54.3 Å². The third-order valence-corrected chi connectivity index (χ3v) is 6.18. The molecule has 3 N–H and O–H groups in total. The van der Waals surface area contributed by atoms with E-state index in [1.807, 2.05) is 13.0 Å². The zero-order chi connectivity index (χ0) is 22.8. The maximum absolute atomic E-state index is 15.5. The van der Waals surface area contributed by atoms with Gasteiger partial charge in [-0.3, -0.25) is 10.2 Å². The summed E-state index contributed by atoms with van der Waals surface area (Å²) >= 11 is 6.14. The molecular weight excluding hydrogens is 415 g/mol. The van der Waals surface area contributed by atoms with Gasteiger partial charge in [-0.25, -0.2) is 4.39 Å². The van der Waals surface area contributed by atoms with E-state index in [4.69, 9.17) is 28.0 Å². The summed E-state index contributed by atoms with van der Waals surface area (Å²) in [7, 11) is 0. The molecule has 1 heterocycles. The van der Waals surface area contributed by atoms with Crippen molar-refractivity contribution in [1.82, 2.24) is 4.90 Å². The Kier molecular flexibility index (Phi) is 6.47. The average Bonchev–Trinajstić information content (AvgIpc) is 2.78. The molecule has 0 bridgehead atoms. The number of nitrogens with one attached hydrogen (secondary N) is 1. The number of allylic oxidation sites excluding steroid dienone is 2. The molecule has 0 unspecified atom stereocenters. The molecule has 3 rings (SSSR count). The van der Waals surface area contributed by atoms with Crippen LogP contribution in [-0.4, -0.2) is 29.6 Å². The van der Waals surface area contributed by atoms with Crippen molar-refractivity contribution in [3.63, 3.8) is 0 Å². The van der Waals surface area contributed by atoms with Crippen molar-refractivity contribution < 1.29 is 9.18 Å². The second-order valence-corrected chi connectivity index (χ2v) is 8.23. The van der Waals surface area contributed by atoms with Gasteiger partial charge < -0.3 is 10.6 Å². The van der Waals surface area contributed by atoms with E-state index in [0.717, 1.165) is 5.56 Å². The van der Waals surface area contributed by atoms with Gasteiger partial charge in [-0.2, -0.15) is 5.26 Å². The van der Waals surface area contributed by atoms with Gasteiger partial charge in [0.25, 0.3) is 5.91 Å². The first-order chi connectivity index (χ1) is 14.7. The number of carbonyl (C=O) groups is 1. The van der Waals surface area contributed by atoms with Gasteiger partial charge in [0.2, 0.25) is 0 Å². The number of piperidine rings is 1. The summed E-state index contributed by atoms with van der Waals surface area (Å²) in [4.78, 5) is 14.7. The summed E-state index contributed by atoms with van der Waals surface area (Å²) in [5.41, 5.74) is 7.37. The average molecular weight is 439 g/mol. The van der Waals surface area contributed by atoms with E-state index < -0.39 is 5.67 Å². The Balaban J connectivity index is 1.76. The zero-order valence-electron chi connectivity index (χ0n) is 17.5. The third-order valence-electron chi connectivity index (χ3n) is 5.69. The SMILES string of the molecule is C/C(N)=C(\Cl)C(=N)c1cc(C(=O)N2CCC(F)(c3ccc(C#N)cc3)CC2)ccc1C. The highest BCUT2D eigenvalue weighted by Gasteiger charge is 2.37. The molecule has 1 fully saturated rings. The Labute approximate surface area is 186 Å². The van der Waals surface area contributed by atoms with Crippen molar-refractivity contribution in [2.45, 2.75) is 32.4 Å². The Morgan fingerprint density at radius 2 is 1.84 bits per heavy atom. The number of rotatable bonds is 4. The lowest BCUT2D eigenvalue weighted by atomic mass is 9.85. The van der Waals surface area contributed by atoms with Crippen molar-refractivity contribution in [3.05, 3.63) is 81.0 Å². The molecule has 0 atom stereocenters. The van der Waals surface area contributed by atoms with E-state index in [2.05, 4.69) is 0 Å². The minimum atomic E-state index is -1.53. The summed E-state index contributed by atoms with van der Waals surface area (Å²) in [6.07, 6.45) is 0.361. The minimum Gasteiger partial charge on any atom is -0.401 e. The number of halogens is 2. The zero-order valence-corrected chi connectivity index (χ0v) is 18.3. The smallest absolute Gasteiger partial charge is 0.253 e. The summed E-state index contributed by atoms with van der Waals surface area (Å²) in [6.45, 7) is 4.01. The summed E-state index contributed by atoms with van der Waals surface area (Å²) < 4.78 is 15.5. The fourth-order valence-electron chi connectivity index (χ4n) is 3.72. The van der Waals surface area contributed by atoms with Gasteiger partial charge >= 0.3 is 0 Å². The fourth-order valence-corrected chi connectivity index (χ4v) is 3.82. The van der Waals surface area contributed by atoms with Crippen molar-refractivity contribution in [2.24, 2.45) is 5.73 Å². The van der Waals surface area contributed by atoms with Crippen LogP contribution in [0.15, 0.2) is 53.2 Å². The molecule has 1 aliphatic rings. The molecule has 7 heteroatoms. The maximum Gasteiger partial charge on any atom is 0.253 e.